The van der Waals surface area contributed by atoms with Gasteiger partial charge in [0.2, 0.25) is 0 Å². The average Bonchev–Trinajstić information content (AvgIpc) is 3.33. The molecule has 23 heavy (non-hydrogen) atoms. The molecule has 1 aliphatic rings. The van der Waals surface area contributed by atoms with Crippen LogP contribution in [-0.4, -0.2) is 28.8 Å². The summed E-state index contributed by atoms with van der Waals surface area (Å²) >= 11 is 0. The van der Waals surface area contributed by atoms with E-state index >= 15 is 0 Å². The Morgan fingerprint density at radius 1 is 1.39 bits per heavy atom. The van der Waals surface area contributed by atoms with Gasteiger partial charge in [-0.05, 0) is 56.5 Å². The minimum Gasteiger partial charge on any atom is -0.497 e. The second-order valence-corrected chi connectivity index (χ2v) is 6.12. The lowest BCUT2D eigenvalue weighted by atomic mass is 10.2. The highest BCUT2D eigenvalue weighted by atomic mass is 16.5. The van der Waals surface area contributed by atoms with Crippen LogP contribution in [0, 0.1) is 0 Å². The van der Waals surface area contributed by atoms with E-state index in [9.17, 15) is 4.79 Å². The zero-order chi connectivity index (χ0) is 16.4. The molecule has 1 unspecified atom stereocenters. The maximum atomic E-state index is 12.3. The van der Waals surface area contributed by atoms with E-state index in [0.29, 0.717) is 11.6 Å². The van der Waals surface area contributed by atoms with Gasteiger partial charge >= 0.3 is 0 Å². The fourth-order valence-corrected chi connectivity index (χ4v) is 2.51. The van der Waals surface area contributed by atoms with Crippen LogP contribution in [0.2, 0.25) is 0 Å². The first-order valence-electron chi connectivity index (χ1n) is 8.17. The van der Waals surface area contributed by atoms with Gasteiger partial charge in [-0.25, -0.2) is 4.68 Å². The molecule has 0 saturated heterocycles. The van der Waals surface area contributed by atoms with Crippen LogP contribution in [0.4, 0.5) is 0 Å². The lowest BCUT2D eigenvalue weighted by Gasteiger charge is -2.09. The summed E-state index contributed by atoms with van der Waals surface area (Å²) in [5.41, 5.74) is 2.56. The molecular formula is C18H23N3O2. The Balaban J connectivity index is 1.91. The number of amides is 1. The smallest absolute Gasteiger partial charge is 0.272 e. The third-order valence-electron chi connectivity index (χ3n) is 4.27. The number of hydrogen-bond donors (Lipinski definition) is 1. The molecule has 5 nitrogen and oxygen atoms in total. The van der Waals surface area contributed by atoms with Crippen LogP contribution in [0.25, 0.3) is 5.69 Å². The largest absolute Gasteiger partial charge is 0.497 e. The molecule has 0 aliphatic heterocycles. The summed E-state index contributed by atoms with van der Waals surface area (Å²) in [5.74, 6) is 1.21. The summed E-state index contributed by atoms with van der Waals surface area (Å²) in [5, 5.41) is 7.53. The first kappa shape index (κ1) is 15.6. The number of hydrogen-bond acceptors (Lipinski definition) is 3. The van der Waals surface area contributed by atoms with Crippen molar-refractivity contribution in [3.05, 3.63) is 41.7 Å². The van der Waals surface area contributed by atoms with Crippen LogP contribution in [-0.2, 0) is 0 Å². The van der Waals surface area contributed by atoms with Gasteiger partial charge in [-0.3, -0.25) is 4.79 Å². The van der Waals surface area contributed by atoms with Crippen LogP contribution in [0.5, 0.6) is 5.75 Å². The summed E-state index contributed by atoms with van der Waals surface area (Å²) in [4.78, 5) is 12.3. The van der Waals surface area contributed by atoms with E-state index in [1.165, 1.54) is 0 Å². The molecule has 3 rings (SSSR count). The fourth-order valence-electron chi connectivity index (χ4n) is 2.51. The quantitative estimate of drug-likeness (QED) is 0.890. The molecule has 1 N–H and O–H groups in total. The highest BCUT2D eigenvalue weighted by Gasteiger charge is 2.30. The van der Waals surface area contributed by atoms with Gasteiger partial charge in [-0.15, -0.1) is 0 Å². The molecular weight excluding hydrogens is 290 g/mol. The Morgan fingerprint density at radius 3 is 2.65 bits per heavy atom. The molecule has 1 fully saturated rings. The number of carbonyl (C=O) groups is 1. The van der Waals surface area contributed by atoms with Crippen LogP contribution in [0.1, 0.15) is 55.2 Å². The van der Waals surface area contributed by atoms with E-state index in [-0.39, 0.29) is 11.9 Å². The highest BCUT2D eigenvalue weighted by Crippen LogP contribution is 2.41. The van der Waals surface area contributed by atoms with Gasteiger partial charge in [0.15, 0.2) is 5.69 Å². The normalized spacial score (nSPS) is 15.3. The van der Waals surface area contributed by atoms with Crippen LogP contribution >= 0.6 is 0 Å². The second kappa shape index (κ2) is 6.44. The molecule has 0 radical (unpaired) electrons. The zero-order valence-corrected chi connectivity index (χ0v) is 13.9. The van der Waals surface area contributed by atoms with Gasteiger partial charge in [0.05, 0.1) is 12.8 Å². The number of nitrogens with zero attached hydrogens (tertiary/aromatic N) is 2. The third kappa shape index (κ3) is 3.38. The summed E-state index contributed by atoms with van der Waals surface area (Å²) in [6, 6.07) is 9.83. The van der Waals surface area contributed by atoms with E-state index in [4.69, 9.17) is 4.74 Å². The van der Waals surface area contributed by atoms with Gasteiger partial charge in [0.25, 0.3) is 5.91 Å². The van der Waals surface area contributed by atoms with Crippen molar-refractivity contribution < 1.29 is 9.53 Å². The predicted octanol–water partition coefficient (Wildman–Crippen LogP) is 3.29. The number of aromatic nitrogens is 2. The highest BCUT2D eigenvalue weighted by molar-refractivity contribution is 5.92. The third-order valence-corrected chi connectivity index (χ3v) is 4.27. The molecule has 2 aromatic rings. The molecule has 0 spiro atoms. The number of nitrogens with one attached hydrogen (secondary N) is 1. The monoisotopic (exact) mass is 313 g/mol. The molecule has 122 valence electrons. The molecule has 1 atom stereocenters. The Kier molecular flexibility index (Phi) is 4.37. The molecule has 1 aromatic heterocycles. The maximum Gasteiger partial charge on any atom is 0.272 e. The minimum absolute atomic E-state index is 0.103. The van der Waals surface area contributed by atoms with Crippen molar-refractivity contribution >= 4 is 5.91 Å². The van der Waals surface area contributed by atoms with Crippen molar-refractivity contribution in [3.8, 4) is 11.4 Å². The first-order chi connectivity index (χ1) is 11.1. The Bertz CT molecular complexity index is 687. The van der Waals surface area contributed by atoms with Crippen molar-refractivity contribution in [2.24, 2.45) is 0 Å². The van der Waals surface area contributed by atoms with E-state index in [1.807, 2.05) is 41.9 Å². The van der Waals surface area contributed by atoms with E-state index < -0.39 is 0 Å². The van der Waals surface area contributed by atoms with Crippen molar-refractivity contribution in [3.63, 3.8) is 0 Å². The Morgan fingerprint density at radius 2 is 2.09 bits per heavy atom. The van der Waals surface area contributed by atoms with Gasteiger partial charge in [0.1, 0.15) is 5.75 Å². The molecule has 5 heteroatoms. The zero-order valence-electron chi connectivity index (χ0n) is 13.9. The molecule has 1 aromatic carbocycles. The first-order valence-corrected chi connectivity index (χ1v) is 8.17. The number of methoxy groups -OCH3 is 1. The molecule has 1 aliphatic carbocycles. The number of benzene rings is 1. The number of rotatable bonds is 6. The van der Waals surface area contributed by atoms with Gasteiger partial charge in [0, 0.05) is 17.7 Å². The van der Waals surface area contributed by atoms with Gasteiger partial charge < -0.3 is 10.1 Å². The summed E-state index contributed by atoms with van der Waals surface area (Å²) < 4.78 is 7.09. The Hall–Kier alpha value is -2.30. The lowest BCUT2D eigenvalue weighted by Crippen LogP contribution is -2.32. The summed E-state index contributed by atoms with van der Waals surface area (Å²) in [7, 11) is 1.65. The predicted molar refractivity (Wildman–Crippen MR) is 89.3 cm³/mol. The van der Waals surface area contributed by atoms with E-state index in [1.54, 1.807) is 7.11 Å². The summed E-state index contributed by atoms with van der Waals surface area (Å²) in [6.45, 7) is 4.05. The summed E-state index contributed by atoms with van der Waals surface area (Å²) in [6.07, 6.45) is 3.23. The van der Waals surface area contributed by atoms with Crippen molar-refractivity contribution in [2.75, 3.05) is 7.11 Å². The average molecular weight is 313 g/mol. The van der Waals surface area contributed by atoms with Gasteiger partial charge in [-0.2, -0.15) is 5.10 Å². The lowest BCUT2D eigenvalue weighted by molar-refractivity contribution is 0.0934. The maximum absolute atomic E-state index is 12.3. The standard InChI is InChI=1S/C18H23N3O2/c1-4-12(2)19-18(22)16-11-17(13-5-6-13)21(20-16)14-7-9-15(23-3)10-8-14/h7-13H,4-6H2,1-3H3,(H,19,22). The second-order valence-electron chi connectivity index (χ2n) is 6.12. The molecule has 1 saturated carbocycles. The molecule has 0 bridgehead atoms. The van der Waals surface area contributed by atoms with Crippen LogP contribution < -0.4 is 10.1 Å². The van der Waals surface area contributed by atoms with Crippen molar-refractivity contribution in [1.29, 1.82) is 0 Å². The SMILES string of the molecule is CCC(C)NC(=O)c1cc(C2CC2)n(-c2ccc(OC)cc2)n1. The number of carbonyl (C=O) groups excluding carboxylic acids is 1. The Labute approximate surface area is 136 Å². The van der Waals surface area contributed by atoms with Crippen molar-refractivity contribution in [2.45, 2.75) is 45.1 Å². The van der Waals surface area contributed by atoms with Crippen LogP contribution in [0.3, 0.4) is 0 Å². The molecule has 1 amide bonds. The van der Waals surface area contributed by atoms with E-state index in [0.717, 1.165) is 36.4 Å². The van der Waals surface area contributed by atoms with Crippen molar-refractivity contribution in [1.82, 2.24) is 15.1 Å². The minimum atomic E-state index is -0.103. The van der Waals surface area contributed by atoms with E-state index in [2.05, 4.69) is 17.3 Å². The van der Waals surface area contributed by atoms with Crippen LogP contribution in [0.15, 0.2) is 30.3 Å². The fraction of sp³-hybridized carbons (Fsp3) is 0.444. The topological polar surface area (TPSA) is 56.2 Å². The molecule has 1 heterocycles. The number of ether oxygens (including phenoxy) is 1. The van der Waals surface area contributed by atoms with Gasteiger partial charge in [-0.1, -0.05) is 6.92 Å².